The van der Waals surface area contributed by atoms with Gasteiger partial charge >= 0.3 is 5.97 Å². The molecule has 1 N–H and O–H groups in total. The number of carbonyl (C=O) groups excluding carboxylic acids is 2. The van der Waals surface area contributed by atoms with Crippen LogP contribution in [0.2, 0.25) is 5.02 Å². The van der Waals surface area contributed by atoms with E-state index in [1.54, 1.807) is 24.3 Å². The summed E-state index contributed by atoms with van der Waals surface area (Å²) in [5.74, 6) is -0.807. The molecule has 0 spiro atoms. The number of nitrogens with zero attached hydrogens (tertiary/aromatic N) is 3. The number of nitrogens with one attached hydrogen (secondary N) is 1. The van der Waals surface area contributed by atoms with Crippen LogP contribution < -0.4 is 20.3 Å². The first-order valence-corrected chi connectivity index (χ1v) is 9.00. The third kappa shape index (κ3) is 4.66. The van der Waals surface area contributed by atoms with Crippen LogP contribution in [0.1, 0.15) is 0 Å². The van der Waals surface area contributed by atoms with Gasteiger partial charge in [0.25, 0.3) is 11.5 Å². The van der Waals surface area contributed by atoms with E-state index in [1.807, 2.05) is 0 Å². The van der Waals surface area contributed by atoms with Crippen LogP contribution >= 0.6 is 11.6 Å². The highest BCUT2D eigenvalue weighted by atomic mass is 35.5. The van der Waals surface area contributed by atoms with Crippen LogP contribution in [0.5, 0.6) is 11.5 Å². The summed E-state index contributed by atoms with van der Waals surface area (Å²) in [5.41, 5.74) is 0.218. The van der Waals surface area contributed by atoms with Gasteiger partial charge in [-0.2, -0.15) is 4.68 Å². The molecule has 0 aliphatic heterocycles. The summed E-state index contributed by atoms with van der Waals surface area (Å²) >= 11 is 6.02. The molecule has 3 aromatic rings. The van der Waals surface area contributed by atoms with Gasteiger partial charge in [0.2, 0.25) is 0 Å². The second kappa shape index (κ2) is 9.23. The highest BCUT2D eigenvalue weighted by Gasteiger charge is 2.15. The minimum atomic E-state index is -0.822. The van der Waals surface area contributed by atoms with Crippen molar-refractivity contribution in [1.82, 2.24) is 15.0 Å². The standard InChI is InChI=1S/C19H17ClN4O6/c1-28-15-8-14(16(29-2)7-12(15)20)21-17(25)10-30-18(26)9-24-19(27)11-5-3-4-6-13(11)22-23-24/h3-8H,9-10H2,1-2H3,(H,21,25). The van der Waals surface area contributed by atoms with Gasteiger partial charge in [0.1, 0.15) is 23.6 Å². The first kappa shape index (κ1) is 21.1. The van der Waals surface area contributed by atoms with Crippen LogP contribution in [0, 0.1) is 0 Å². The molecule has 0 saturated carbocycles. The normalized spacial score (nSPS) is 10.5. The summed E-state index contributed by atoms with van der Waals surface area (Å²) in [6.07, 6.45) is 0. The summed E-state index contributed by atoms with van der Waals surface area (Å²) in [6.45, 7) is -1.06. The van der Waals surface area contributed by atoms with E-state index in [0.29, 0.717) is 27.4 Å². The number of ether oxygens (including phenoxy) is 3. The van der Waals surface area contributed by atoms with Crippen molar-refractivity contribution in [1.29, 1.82) is 0 Å². The minimum Gasteiger partial charge on any atom is -0.495 e. The van der Waals surface area contributed by atoms with Crippen LogP contribution in [-0.2, 0) is 20.9 Å². The molecule has 2 aromatic carbocycles. The predicted molar refractivity (Wildman–Crippen MR) is 108 cm³/mol. The van der Waals surface area contributed by atoms with Gasteiger partial charge in [-0.15, -0.1) is 5.10 Å². The molecule has 0 atom stereocenters. The van der Waals surface area contributed by atoms with Gasteiger partial charge in [-0.3, -0.25) is 14.4 Å². The Bertz CT molecular complexity index is 1160. The lowest BCUT2D eigenvalue weighted by atomic mass is 10.2. The summed E-state index contributed by atoms with van der Waals surface area (Å²) in [6, 6.07) is 9.57. The van der Waals surface area contributed by atoms with Crippen molar-refractivity contribution in [2.45, 2.75) is 6.54 Å². The molecule has 1 aromatic heterocycles. The van der Waals surface area contributed by atoms with Gasteiger partial charge in [-0.05, 0) is 12.1 Å². The Morgan fingerprint density at radius 2 is 1.87 bits per heavy atom. The van der Waals surface area contributed by atoms with E-state index in [9.17, 15) is 14.4 Å². The Morgan fingerprint density at radius 1 is 1.13 bits per heavy atom. The van der Waals surface area contributed by atoms with Gasteiger partial charge in [-0.1, -0.05) is 28.9 Å². The molecule has 0 fully saturated rings. The van der Waals surface area contributed by atoms with Crippen LogP contribution in [0.25, 0.3) is 10.9 Å². The lowest BCUT2D eigenvalue weighted by Crippen LogP contribution is -2.30. The van der Waals surface area contributed by atoms with Crippen LogP contribution in [0.4, 0.5) is 5.69 Å². The zero-order chi connectivity index (χ0) is 21.7. The Kier molecular flexibility index (Phi) is 6.48. The first-order chi connectivity index (χ1) is 14.4. The smallest absolute Gasteiger partial charge is 0.328 e. The zero-order valence-electron chi connectivity index (χ0n) is 16.0. The number of benzene rings is 2. The van der Waals surface area contributed by atoms with E-state index in [0.717, 1.165) is 4.68 Å². The van der Waals surface area contributed by atoms with Gasteiger partial charge < -0.3 is 19.5 Å². The molecule has 3 rings (SSSR count). The maximum atomic E-state index is 12.3. The third-order valence-electron chi connectivity index (χ3n) is 4.02. The fraction of sp³-hybridized carbons (Fsp3) is 0.211. The number of anilines is 1. The molecule has 1 heterocycles. The van der Waals surface area contributed by atoms with E-state index in [2.05, 4.69) is 15.6 Å². The molecule has 10 nitrogen and oxygen atoms in total. The molecule has 0 radical (unpaired) electrons. The number of hydrogen-bond acceptors (Lipinski definition) is 8. The second-order valence-corrected chi connectivity index (χ2v) is 6.37. The summed E-state index contributed by atoms with van der Waals surface area (Å²) < 4.78 is 16.1. The summed E-state index contributed by atoms with van der Waals surface area (Å²) in [7, 11) is 2.84. The lowest BCUT2D eigenvalue weighted by Gasteiger charge is -2.13. The van der Waals surface area contributed by atoms with Crippen LogP contribution in [0.3, 0.4) is 0 Å². The Hall–Kier alpha value is -3.66. The summed E-state index contributed by atoms with van der Waals surface area (Å²) in [4.78, 5) is 36.5. The predicted octanol–water partition coefficient (Wildman–Crippen LogP) is 1.64. The average molecular weight is 433 g/mol. The maximum Gasteiger partial charge on any atom is 0.328 e. The number of methoxy groups -OCH3 is 2. The van der Waals surface area contributed by atoms with Crippen molar-refractivity contribution < 1.29 is 23.8 Å². The molecule has 11 heteroatoms. The number of halogens is 1. The minimum absolute atomic E-state index is 0.288. The van der Waals surface area contributed by atoms with E-state index >= 15 is 0 Å². The molecular formula is C19H17ClN4O6. The lowest BCUT2D eigenvalue weighted by molar-refractivity contribution is -0.148. The number of fused-ring (bicyclic) bond motifs is 1. The molecule has 0 saturated heterocycles. The number of aromatic nitrogens is 3. The Balaban J connectivity index is 1.62. The van der Waals surface area contributed by atoms with Crippen molar-refractivity contribution in [3.8, 4) is 11.5 Å². The highest BCUT2D eigenvalue weighted by molar-refractivity contribution is 6.32. The number of esters is 1. The Labute approximate surface area is 175 Å². The third-order valence-corrected chi connectivity index (χ3v) is 4.32. The molecular weight excluding hydrogens is 416 g/mol. The van der Waals surface area contributed by atoms with Gasteiger partial charge in [-0.25, -0.2) is 0 Å². The topological polar surface area (TPSA) is 122 Å². The van der Waals surface area contributed by atoms with Crippen molar-refractivity contribution >= 4 is 40.1 Å². The fourth-order valence-corrected chi connectivity index (χ4v) is 2.82. The Morgan fingerprint density at radius 3 is 2.60 bits per heavy atom. The maximum absolute atomic E-state index is 12.3. The quantitative estimate of drug-likeness (QED) is 0.559. The largest absolute Gasteiger partial charge is 0.495 e. The van der Waals surface area contributed by atoms with Crippen molar-refractivity contribution in [3.63, 3.8) is 0 Å². The number of rotatable bonds is 7. The average Bonchev–Trinajstić information content (AvgIpc) is 2.75. The van der Waals surface area contributed by atoms with Gasteiger partial charge in [0, 0.05) is 12.1 Å². The molecule has 0 unspecified atom stereocenters. The van der Waals surface area contributed by atoms with E-state index < -0.39 is 30.6 Å². The molecule has 156 valence electrons. The van der Waals surface area contributed by atoms with E-state index in [4.69, 9.17) is 25.8 Å². The zero-order valence-corrected chi connectivity index (χ0v) is 16.8. The van der Waals surface area contributed by atoms with Crippen LogP contribution in [-0.4, -0.2) is 47.7 Å². The number of amides is 1. The van der Waals surface area contributed by atoms with E-state index in [-0.39, 0.29) is 5.69 Å². The van der Waals surface area contributed by atoms with E-state index in [1.165, 1.54) is 26.4 Å². The highest BCUT2D eigenvalue weighted by Crippen LogP contribution is 2.35. The molecule has 30 heavy (non-hydrogen) atoms. The van der Waals surface area contributed by atoms with Crippen molar-refractivity contribution in [2.75, 3.05) is 26.1 Å². The molecule has 1 amide bonds. The SMILES string of the molecule is COc1cc(NC(=O)COC(=O)Cn2nnc3ccccc3c2=O)c(OC)cc1Cl. The summed E-state index contributed by atoms with van der Waals surface area (Å²) in [5, 5.41) is 10.7. The number of hydrogen-bond donors (Lipinski definition) is 1. The van der Waals surface area contributed by atoms with Crippen LogP contribution in [0.15, 0.2) is 41.2 Å². The molecule has 0 bridgehead atoms. The van der Waals surface area contributed by atoms with Gasteiger partial charge in [0.15, 0.2) is 6.61 Å². The number of carbonyl (C=O) groups is 2. The van der Waals surface area contributed by atoms with Gasteiger partial charge in [0.05, 0.1) is 30.3 Å². The van der Waals surface area contributed by atoms with Crippen molar-refractivity contribution in [2.24, 2.45) is 0 Å². The molecule has 0 aliphatic carbocycles. The molecule has 0 aliphatic rings. The fourth-order valence-electron chi connectivity index (χ4n) is 2.59. The first-order valence-electron chi connectivity index (χ1n) is 8.62. The van der Waals surface area contributed by atoms with Crippen molar-refractivity contribution in [3.05, 3.63) is 51.8 Å². The second-order valence-electron chi connectivity index (χ2n) is 5.97. The monoisotopic (exact) mass is 432 g/mol.